The van der Waals surface area contributed by atoms with Gasteiger partial charge in [-0.05, 0) is 24.6 Å². The predicted octanol–water partition coefficient (Wildman–Crippen LogP) is 0.467. The summed E-state index contributed by atoms with van der Waals surface area (Å²) in [6, 6.07) is 2.23. The minimum Gasteiger partial charge on any atom is -0.423 e. The number of hydrogen-bond donors (Lipinski definition) is 2. The normalized spacial score (nSPS) is 10.1. The summed E-state index contributed by atoms with van der Waals surface area (Å²) in [6.07, 6.45) is 0. The van der Waals surface area contributed by atoms with E-state index in [0.717, 1.165) is 6.07 Å². The maximum absolute atomic E-state index is 12.7. The first kappa shape index (κ1) is 9.51. The number of benzene rings is 1. The third-order valence-corrected chi connectivity index (χ3v) is 2.04. The van der Waals surface area contributed by atoms with Crippen molar-refractivity contribution in [3.05, 3.63) is 28.5 Å². The minimum atomic E-state index is -1.73. The van der Waals surface area contributed by atoms with Crippen LogP contribution in [0, 0.1) is 12.7 Å². The second kappa shape index (κ2) is 3.43. The Bertz CT molecular complexity index is 304. The average Bonchev–Trinajstić information content (AvgIpc) is 1.96. The summed E-state index contributed by atoms with van der Waals surface area (Å²) in [5, 5.41) is 17.7. The first-order chi connectivity index (χ1) is 5.52. The summed E-state index contributed by atoms with van der Waals surface area (Å²) in [7, 11) is -1.73. The zero-order valence-electron chi connectivity index (χ0n) is 6.38. The van der Waals surface area contributed by atoms with Gasteiger partial charge in [-0.15, -0.1) is 0 Å². The molecule has 0 radical (unpaired) electrons. The lowest BCUT2D eigenvalue weighted by Gasteiger charge is -2.05. The van der Waals surface area contributed by atoms with Gasteiger partial charge in [-0.25, -0.2) is 4.39 Å². The first-order valence-electron chi connectivity index (χ1n) is 3.34. The van der Waals surface area contributed by atoms with Crippen LogP contribution in [0.15, 0.2) is 12.1 Å². The van der Waals surface area contributed by atoms with Gasteiger partial charge in [-0.1, -0.05) is 11.6 Å². The molecule has 2 nitrogen and oxygen atoms in total. The van der Waals surface area contributed by atoms with Gasteiger partial charge in [0, 0.05) is 10.5 Å². The molecule has 0 fully saturated rings. The van der Waals surface area contributed by atoms with E-state index in [4.69, 9.17) is 21.6 Å². The van der Waals surface area contributed by atoms with Crippen molar-refractivity contribution in [1.82, 2.24) is 0 Å². The molecule has 0 heterocycles. The molecule has 0 aliphatic carbocycles. The largest absolute Gasteiger partial charge is 0.490 e. The Morgan fingerprint density at radius 3 is 2.50 bits per heavy atom. The highest BCUT2D eigenvalue weighted by Crippen LogP contribution is 2.13. The minimum absolute atomic E-state index is 0.00540. The fraction of sp³-hybridized carbons (Fsp3) is 0.143. The lowest BCUT2D eigenvalue weighted by Crippen LogP contribution is -2.31. The third kappa shape index (κ3) is 1.77. The van der Waals surface area contributed by atoms with Gasteiger partial charge in [0.25, 0.3) is 0 Å². The molecular formula is C7H7BClFO2. The zero-order chi connectivity index (χ0) is 9.30. The molecule has 1 aromatic rings. The zero-order valence-corrected chi connectivity index (χ0v) is 7.14. The standard InChI is InChI=1S/C7H7BClFO2/c1-4-2-5(10)3-6(7(4)9)8(11)12/h2-3,11-12H,1H3. The molecule has 5 heteroatoms. The molecule has 2 N–H and O–H groups in total. The van der Waals surface area contributed by atoms with Crippen LogP contribution >= 0.6 is 11.6 Å². The van der Waals surface area contributed by atoms with Gasteiger partial charge in [-0.2, -0.15) is 0 Å². The summed E-state index contributed by atoms with van der Waals surface area (Å²) in [5.41, 5.74) is 0.480. The summed E-state index contributed by atoms with van der Waals surface area (Å²) in [5.74, 6) is -0.528. The quantitative estimate of drug-likeness (QED) is 0.629. The van der Waals surface area contributed by atoms with E-state index in [2.05, 4.69) is 0 Å². The molecule has 1 rings (SSSR count). The molecule has 12 heavy (non-hydrogen) atoms. The van der Waals surface area contributed by atoms with Gasteiger partial charge in [0.05, 0.1) is 0 Å². The molecule has 0 saturated carbocycles. The van der Waals surface area contributed by atoms with Crippen LogP contribution in [0.1, 0.15) is 5.56 Å². The summed E-state index contributed by atoms with van der Waals surface area (Å²) >= 11 is 5.67. The Hall–Kier alpha value is -0.575. The van der Waals surface area contributed by atoms with E-state index >= 15 is 0 Å². The highest BCUT2D eigenvalue weighted by atomic mass is 35.5. The van der Waals surface area contributed by atoms with Gasteiger partial charge < -0.3 is 10.0 Å². The Kier molecular flexibility index (Phi) is 2.72. The Morgan fingerprint density at radius 2 is 2.00 bits per heavy atom. The lowest BCUT2D eigenvalue weighted by atomic mass is 9.79. The van der Waals surface area contributed by atoms with E-state index < -0.39 is 12.9 Å². The van der Waals surface area contributed by atoms with E-state index in [1.807, 2.05) is 0 Å². The number of rotatable bonds is 1. The Labute approximate surface area is 74.7 Å². The number of hydrogen-bond acceptors (Lipinski definition) is 2. The van der Waals surface area contributed by atoms with Crippen LogP contribution in [0.3, 0.4) is 0 Å². The van der Waals surface area contributed by atoms with Gasteiger partial charge in [0.2, 0.25) is 0 Å². The van der Waals surface area contributed by atoms with Crippen molar-refractivity contribution in [1.29, 1.82) is 0 Å². The van der Waals surface area contributed by atoms with Crippen molar-refractivity contribution in [2.75, 3.05) is 0 Å². The maximum atomic E-state index is 12.7. The summed E-state index contributed by atoms with van der Waals surface area (Å²) in [4.78, 5) is 0. The van der Waals surface area contributed by atoms with E-state index in [1.54, 1.807) is 6.92 Å². The molecule has 0 spiro atoms. The van der Waals surface area contributed by atoms with E-state index in [0.29, 0.717) is 5.56 Å². The van der Waals surface area contributed by atoms with Crippen molar-refractivity contribution in [2.24, 2.45) is 0 Å². The van der Waals surface area contributed by atoms with Gasteiger partial charge in [0.1, 0.15) is 5.82 Å². The third-order valence-electron chi connectivity index (χ3n) is 1.53. The fourth-order valence-electron chi connectivity index (χ4n) is 0.939. The summed E-state index contributed by atoms with van der Waals surface area (Å²) in [6.45, 7) is 1.59. The van der Waals surface area contributed by atoms with Crippen LogP contribution in [-0.4, -0.2) is 17.2 Å². The van der Waals surface area contributed by atoms with Crippen LogP contribution in [0.2, 0.25) is 5.02 Å². The smallest absolute Gasteiger partial charge is 0.423 e. The average molecular weight is 188 g/mol. The molecule has 0 unspecified atom stereocenters. The molecule has 0 bridgehead atoms. The van der Waals surface area contributed by atoms with Crippen molar-refractivity contribution in [3.8, 4) is 0 Å². The van der Waals surface area contributed by atoms with Crippen molar-refractivity contribution < 1.29 is 14.4 Å². The monoisotopic (exact) mass is 188 g/mol. The SMILES string of the molecule is Cc1cc(F)cc(B(O)O)c1Cl. The second-order valence-corrected chi connectivity index (χ2v) is 2.88. The molecule has 0 aliphatic heterocycles. The van der Waals surface area contributed by atoms with Crippen LogP contribution < -0.4 is 5.46 Å². The van der Waals surface area contributed by atoms with Crippen LogP contribution in [0.25, 0.3) is 0 Å². The number of aryl methyl sites for hydroxylation is 1. The molecule has 0 aromatic heterocycles. The van der Waals surface area contributed by atoms with Gasteiger partial charge in [-0.3, -0.25) is 0 Å². The second-order valence-electron chi connectivity index (χ2n) is 2.50. The van der Waals surface area contributed by atoms with Crippen LogP contribution in [0.5, 0.6) is 0 Å². The fourth-order valence-corrected chi connectivity index (χ4v) is 1.15. The molecular weight excluding hydrogens is 181 g/mol. The number of halogens is 2. The lowest BCUT2D eigenvalue weighted by molar-refractivity contribution is 0.425. The van der Waals surface area contributed by atoms with E-state index in [1.165, 1.54) is 6.07 Å². The molecule has 0 amide bonds. The Balaban J connectivity index is 3.28. The molecule has 64 valence electrons. The van der Waals surface area contributed by atoms with Crippen LogP contribution in [0.4, 0.5) is 4.39 Å². The maximum Gasteiger partial charge on any atom is 0.490 e. The van der Waals surface area contributed by atoms with Crippen molar-refractivity contribution in [2.45, 2.75) is 6.92 Å². The molecule has 0 aliphatic rings. The van der Waals surface area contributed by atoms with Crippen molar-refractivity contribution in [3.63, 3.8) is 0 Å². The first-order valence-corrected chi connectivity index (χ1v) is 3.72. The highest BCUT2D eigenvalue weighted by molar-refractivity contribution is 6.62. The molecule has 0 saturated heterocycles. The molecule has 1 aromatic carbocycles. The van der Waals surface area contributed by atoms with Gasteiger partial charge in [0.15, 0.2) is 0 Å². The van der Waals surface area contributed by atoms with Gasteiger partial charge >= 0.3 is 7.12 Å². The summed E-state index contributed by atoms with van der Waals surface area (Å²) < 4.78 is 12.7. The Morgan fingerprint density at radius 1 is 1.42 bits per heavy atom. The predicted molar refractivity (Wildman–Crippen MR) is 46.0 cm³/mol. The topological polar surface area (TPSA) is 40.5 Å². The van der Waals surface area contributed by atoms with E-state index in [9.17, 15) is 4.39 Å². The van der Waals surface area contributed by atoms with Crippen molar-refractivity contribution >= 4 is 24.2 Å². The van der Waals surface area contributed by atoms with Crippen LogP contribution in [-0.2, 0) is 0 Å². The van der Waals surface area contributed by atoms with E-state index in [-0.39, 0.29) is 10.5 Å². The molecule has 0 atom stereocenters. The highest BCUT2D eigenvalue weighted by Gasteiger charge is 2.17.